The molecule has 4 aromatic rings. The van der Waals surface area contributed by atoms with E-state index in [0.29, 0.717) is 17.9 Å². The Bertz CT molecular complexity index is 1320. The zero-order chi connectivity index (χ0) is 20.7. The summed E-state index contributed by atoms with van der Waals surface area (Å²) in [6.45, 7) is 0.143. The molecule has 7 heteroatoms. The van der Waals surface area contributed by atoms with Gasteiger partial charge in [-0.2, -0.15) is 0 Å². The average Bonchev–Trinajstić information content (AvgIpc) is 3.13. The predicted molar refractivity (Wildman–Crippen MR) is 113 cm³/mol. The van der Waals surface area contributed by atoms with Crippen molar-refractivity contribution in [3.8, 4) is 11.4 Å². The van der Waals surface area contributed by atoms with Crippen LogP contribution in [0, 0.1) is 5.82 Å². The molecule has 3 aromatic heterocycles. The number of hydrogen-bond donors (Lipinski definition) is 0. The number of benzene rings is 1. The number of Topliss-reactive ketones (excluding diaryl/α,β-unsaturated/α-hetero) is 1. The van der Waals surface area contributed by atoms with Crippen molar-refractivity contribution in [1.29, 1.82) is 0 Å². The van der Waals surface area contributed by atoms with Crippen LogP contribution >= 0.6 is 11.3 Å². The summed E-state index contributed by atoms with van der Waals surface area (Å²) in [7, 11) is 0. The van der Waals surface area contributed by atoms with Crippen molar-refractivity contribution in [2.75, 3.05) is 0 Å². The summed E-state index contributed by atoms with van der Waals surface area (Å²) in [4.78, 5) is 29.6. The first-order valence-corrected chi connectivity index (χ1v) is 10.4. The fourth-order valence-electron chi connectivity index (χ4n) is 3.71. The van der Waals surface area contributed by atoms with E-state index in [4.69, 9.17) is 4.74 Å². The fourth-order valence-corrected chi connectivity index (χ4v) is 4.97. The van der Waals surface area contributed by atoms with Gasteiger partial charge in [-0.15, -0.1) is 11.3 Å². The number of pyridine rings is 2. The monoisotopic (exact) mass is 420 g/mol. The molecule has 0 atom stereocenters. The molecule has 0 N–H and O–H groups in total. The first-order chi connectivity index (χ1) is 14.6. The van der Waals surface area contributed by atoms with Crippen LogP contribution in [-0.2, 0) is 13.0 Å². The van der Waals surface area contributed by atoms with Gasteiger partial charge in [0.15, 0.2) is 5.78 Å². The Hall–Kier alpha value is -3.32. The van der Waals surface area contributed by atoms with Crippen molar-refractivity contribution in [3.63, 3.8) is 0 Å². The Morgan fingerprint density at radius 2 is 2.00 bits per heavy atom. The number of ketones is 1. The molecule has 0 saturated carbocycles. The van der Waals surface area contributed by atoms with Crippen LogP contribution in [0.4, 0.5) is 4.39 Å². The van der Waals surface area contributed by atoms with Crippen LogP contribution in [0.1, 0.15) is 33.8 Å². The summed E-state index contributed by atoms with van der Waals surface area (Å²) in [5.41, 5.74) is 2.23. The van der Waals surface area contributed by atoms with Gasteiger partial charge in [0, 0.05) is 23.4 Å². The minimum absolute atomic E-state index is 0.143. The van der Waals surface area contributed by atoms with Crippen molar-refractivity contribution in [1.82, 2.24) is 9.55 Å². The Balaban J connectivity index is 1.41. The van der Waals surface area contributed by atoms with Gasteiger partial charge in [0.05, 0.1) is 22.5 Å². The quantitative estimate of drug-likeness (QED) is 0.481. The Morgan fingerprint density at radius 3 is 2.80 bits per heavy atom. The zero-order valence-electron chi connectivity index (χ0n) is 15.9. The zero-order valence-corrected chi connectivity index (χ0v) is 16.7. The maximum Gasteiger partial charge on any atom is 0.258 e. The molecule has 5 rings (SSSR count). The Morgan fingerprint density at radius 1 is 1.10 bits per heavy atom. The second kappa shape index (κ2) is 7.50. The van der Waals surface area contributed by atoms with Crippen molar-refractivity contribution in [2.45, 2.75) is 25.9 Å². The van der Waals surface area contributed by atoms with Gasteiger partial charge in [-0.25, -0.2) is 4.39 Å². The maximum absolute atomic E-state index is 12.9. The number of nitrogens with zero attached hydrogens (tertiary/aromatic N) is 2. The summed E-state index contributed by atoms with van der Waals surface area (Å²) in [6, 6.07) is 11.8. The number of halogens is 1. The SMILES string of the molecule is O=C1CCCc2c1sc1cc(-n3ccc(OCc4ccc(F)cn4)cc3=O)ccc21. The number of fused-ring (bicyclic) bond motifs is 3. The van der Waals surface area contributed by atoms with Crippen LogP contribution < -0.4 is 10.3 Å². The number of carbonyl (C=O) groups excluding carboxylic acids is 1. The summed E-state index contributed by atoms with van der Waals surface area (Å²) in [6.07, 6.45) is 5.22. The lowest BCUT2D eigenvalue weighted by atomic mass is 9.95. The van der Waals surface area contributed by atoms with Gasteiger partial charge < -0.3 is 4.74 Å². The fraction of sp³-hybridized carbons (Fsp3) is 0.174. The largest absolute Gasteiger partial charge is 0.487 e. The van der Waals surface area contributed by atoms with Crippen molar-refractivity contribution >= 4 is 27.2 Å². The van der Waals surface area contributed by atoms with E-state index >= 15 is 0 Å². The highest BCUT2D eigenvalue weighted by molar-refractivity contribution is 7.21. The van der Waals surface area contributed by atoms with Crippen LogP contribution in [0.25, 0.3) is 15.8 Å². The van der Waals surface area contributed by atoms with Crippen LogP contribution in [-0.4, -0.2) is 15.3 Å². The van der Waals surface area contributed by atoms with E-state index in [-0.39, 0.29) is 17.9 Å². The standard InChI is InChI=1S/C23H17FN2O3S/c24-14-4-5-15(25-12-14)13-29-17-8-9-26(22(28)11-17)16-6-7-18-19-2-1-3-20(27)23(19)30-21(18)10-16/h4-12H,1-3,13H2. The molecule has 3 heterocycles. The van der Waals surface area contributed by atoms with E-state index in [1.807, 2.05) is 18.2 Å². The molecule has 0 bridgehead atoms. The van der Waals surface area contributed by atoms with Gasteiger partial charge >= 0.3 is 0 Å². The number of carbonyl (C=O) groups is 1. The molecule has 5 nitrogen and oxygen atoms in total. The lowest BCUT2D eigenvalue weighted by Crippen LogP contribution is -2.16. The van der Waals surface area contributed by atoms with Crippen molar-refractivity contribution in [3.05, 3.63) is 87.2 Å². The molecule has 1 aromatic carbocycles. The van der Waals surface area contributed by atoms with E-state index < -0.39 is 5.82 Å². The summed E-state index contributed by atoms with van der Waals surface area (Å²) < 4.78 is 21.1. The lowest BCUT2D eigenvalue weighted by Gasteiger charge is -2.10. The summed E-state index contributed by atoms with van der Waals surface area (Å²) in [5, 5.41) is 1.10. The van der Waals surface area contributed by atoms with E-state index in [1.165, 1.54) is 29.5 Å². The molecule has 0 aliphatic heterocycles. The Kier molecular flexibility index (Phi) is 4.67. The van der Waals surface area contributed by atoms with Gasteiger partial charge in [-0.3, -0.25) is 19.1 Å². The third-order valence-corrected chi connectivity index (χ3v) is 6.44. The molecule has 0 saturated heterocycles. The van der Waals surface area contributed by atoms with E-state index in [0.717, 1.165) is 45.3 Å². The first-order valence-electron chi connectivity index (χ1n) is 9.63. The number of hydrogen-bond acceptors (Lipinski definition) is 5. The molecular formula is C23H17FN2O3S. The molecular weight excluding hydrogens is 403 g/mol. The number of thiophene rings is 1. The molecule has 30 heavy (non-hydrogen) atoms. The molecule has 0 radical (unpaired) electrons. The smallest absolute Gasteiger partial charge is 0.258 e. The number of rotatable bonds is 4. The predicted octanol–water partition coefficient (Wildman–Crippen LogP) is 4.68. The van der Waals surface area contributed by atoms with Crippen molar-refractivity contribution < 1.29 is 13.9 Å². The number of aromatic nitrogens is 2. The Labute approximate surface area is 175 Å². The van der Waals surface area contributed by atoms with Gasteiger partial charge in [0.25, 0.3) is 5.56 Å². The van der Waals surface area contributed by atoms with Gasteiger partial charge in [-0.1, -0.05) is 6.07 Å². The van der Waals surface area contributed by atoms with Gasteiger partial charge in [0.2, 0.25) is 0 Å². The van der Waals surface area contributed by atoms with Gasteiger partial charge in [-0.05, 0) is 54.1 Å². The normalized spacial score (nSPS) is 13.4. The lowest BCUT2D eigenvalue weighted by molar-refractivity contribution is 0.0977. The molecule has 0 fully saturated rings. The third kappa shape index (κ3) is 3.41. The van der Waals surface area contributed by atoms with Crippen LogP contribution in [0.5, 0.6) is 5.75 Å². The number of aryl methyl sites for hydroxylation is 1. The molecule has 0 spiro atoms. The molecule has 150 valence electrons. The topological polar surface area (TPSA) is 61.2 Å². The van der Waals surface area contributed by atoms with Crippen LogP contribution in [0.3, 0.4) is 0 Å². The first kappa shape index (κ1) is 18.7. The highest BCUT2D eigenvalue weighted by Gasteiger charge is 2.22. The highest BCUT2D eigenvalue weighted by Crippen LogP contribution is 2.37. The molecule has 0 amide bonds. The molecule has 0 unspecified atom stereocenters. The summed E-state index contributed by atoms with van der Waals surface area (Å²) in [5.74, 6) is 0.225. The van der Waals surface area contributed by atoms with Gasteiger partial charge in [0.1, 0.15) is 18.2 Å². The second-order valence-electron chi connectivity index (χ2n) is 7.19. The summed E-state index contributed by atoms with van der Waals surface area (Å²) >= 11 is 1.51. The van der Waals surface area contributed by atoms with Crippen LogP contribution in [0.2, 0.25) is 0 Å². The van der Waals surface area contributed by atoms with Crippen molar-refractivity contribution in [2.24, 2.45) is 0 Å². The highest BCUT2D eigenvalue weighted by atomic mass is 32.1. The minimum Gasteiger partial charge on any atom is -0.487 e. The molecule has 1 aliphatic carbocycles. The average molecular weight is 420 g/mol. The van der Waals surface area contributed by atoms with E-state index in [9.17, 15) is 14.0 Å². The number of ether oxygens (including phenoxy) is 1. The third-order valence-electron chi connectivity index (χ3n) is 5.20. The van der Waals surface area contributed by atoms with E-state index in [1.54, 1.807) is 16.8 Å². The minimum atomic E-state index is -0.408. The second-order valence-corrected chi connectivity index (χ2v) is 8.25. The van der Waals surface area contributed by atoms with E-state index in [2.05, 4.69) is 4.98 Å². The van der Waals surface area contributed by atoms with Crippen LogP contribution in [0.15, 0.2) is 59.7 Å². The molecule has 1 aliphatic rings. The maximum atomic E-state index is 12.9.